The summed E-state index contributed by atoms with van der Waals surface area (Å²) < 4.78 is 18.5. The van der Waals surface area contributed by atoms with Crippen LogP contribution in [0, 0.1) is 15.9 Å². The minimum Gasteiger partial charge on any atom is -0.494 e. The molecule has 1 aromatic rings. The Morgan fingerprint density at radius 1 is 1.39 bits per heavy atom. The third-order valence-corrected chi connectivity index (χ3v) is 4.22. The van der Waals surface area contributed by atoms with E-state index < -0.39 is 10.7 Å². The lowest BCUT2D eigenvalue weighted by Crippen LogP contribution is -2.49. The molecule has 7 nitrogen and oxygen atoms in total. The first-order chi connectivity index (χ1) is 10.9. The van der Waals surface area contributed by atoms with E-state index >= 15 is 0 Å². The number of anilines is 1. The van der Waals surface area contributed by atoms with Crippen molar-refractivity contribution in [3.8, 4) is 5.75 Å². The molecular formula is C15H23FN4O3. The smallest absolute Gasteiger partial charge is 0.295 e. The van der Waals surface area contributed by atoms with E-state index in [-0.39, 0.29) is 23.2 Å². The van der Waals surface area contributed by atoms with Crippen molar-refractivity contribution in [3.63, 3.8) is 0 Å². The van der Waals surface area contributed by atoms with Gasteiger partial charge in [0.2, 0.25) is 0 Å². The average molecular weight is 326 g/mol. The van der Waals surface area contributed by atoms with Gasteiger partial charge in [-0.05, 0) is 14.0 Å². The predicted octanol–water partition coefficient (Wildman–Crippen LogP) is 1.79. The molecule has 128 valence electrons. The number of hydrogen-bond acceptors (Lipinski definition) is 6. The first-order valence-corrected chi connectivity index (χ1v) is 7.60. The summed E-state index contributed by atoms with van der Waals surface area (Å²) in [4.78, 5) is 15.1. The number of nitrogens with one attached hydrogen (secondary N) is 1. The number of halogens is 1. The summed E-state index contributed by atoms with van der Waals surface area (Å²) in [6.45, 7) is 6.57. The lowest BCUT2D eigenvalue weighted by Gasteiger charge is -2.36. The van der Waals surface area contributed by atoms with Crippen LogP contribution < -0.4 is 10.1 Å². The van der Waals surface area contributed by atoms with E-state index in [0.717, 1.165) is 32.2 Å². The molecular weight excluding hydrogens is 303 g/mol. The Balaban J connectivity index is 2.05. The van der Waals surface area contributed by atoms with Gasteiger partial charge >= 0.3 is 0 Å². The maximum Gasteiger partial charge on any atom is 0.295 e. The second-order valence-corrected chi connectivity index (χ2v) is 5.83. The van der Waals surface area contributed by atoms with Crippen molar-refractivity contribution >= 4 is 11.4 Å². The predicted molar refractivity (Wildman–Crippen MR) is 86.6 cm³/mol. The van der Waals surface area contributed by atoms with Gasteiger partial charge in [0.15, 0.2) is 11.6 Å². The molecule has 1 fully saturated rings. The number of methoxy groups -OCH3 is 1. The van der Waals surface area contributed by atoms with E-state index in [1.165, 1.54) is 13.2 Å². The summed E-state index contributed by atoms with van der Waals surface area (Å²) in [6.07, 6.45) is 0. The van der Waals surface area contributed by atoms with Gasteiger partial charge in [-0.3, -0.25) is 15.0 Å². The Labute approximate surface area is 135 Å². The lowest BCUT2D eigenvalue weighted by atomic mass is 10.2. The maximum absolute atomic E-state index is 13.6. The van der Waals surface area contributed by atoms with Crippen molar-refractivity contribution in [1.82, 2.24) is 9.80 Å². The molecule has 2 rings (SSSR count). The normalized spacial score (nSPS) is 17.7. The molecule has 0 aliphatic carbocycles. The summed E-state index contributed by atoms with van der Waals surface area (Å²) >= 11 is 0. The molecule has 8 heteroatoms. The first-order valence-electron chi connectivity index (χ1n) is 7.60. The van der Waals surface area contributed by atoms with E-state index in [0.29, 0.717) is 6.54 Å². The van der Waals surface area contributed by atoms with E-state index in [2.05, 4.69) is 29.1 Å². The monoisotopic (exact) mass is 326 g/mol. The highest BCUT2D eigenvalue weighted by Gasteiger charge is 2.22. The van der Waals surface area contributed by atoms with Crippen LogP contribution in [0.1, 0.15) is 6.92 Å². The molecule has 1 unspecified atom stereocenters. The molecule has 1 heterocycles. The number of rotatable bonds is 6. The molecule has 0 amide bonds. The molecule has 1 aliphatic heterocycles. The van der Waals surface area contributed by atoms with Crippen LogP contribution in [0.5, 0.6) is 5.75 Å². The van der Waals surface area contributed by atoms with Gasteiger partial charge in [0.05, 0.1) is 18.1 Å². The minimum absolute atomic E-state index is 0.00893. The SMILES string of the molecule is COc1cc(NCC(C)N2CCN(C)CC2)c([N+](=O)[O-])cc1F. The fraction of sp³-hybridized carbons (Fsp3) is 0.600. The van der Waals surface area contributed by atoms with Crippen molar-refractivity contribution in [3.05, 3.63) is 28.1 Å². The van der Waals surface area contributed by atoms with Gasteiger partial charge in [0.1, 0.15) is 5.69 Å². The summed E-state index contributed by atoms with van der Waals surface area (Å²) in [5.74, 6) is -0.748. The number of nitrogens with zero attached hydrogens (tertiary/aromatic N) is 3. The van der Waals surface area contributed by atoms with Crippen molar-refractivity contribution in [2.45, 2.75) is 13.0 Å². The van der Waals surface area contributed by atoms with Crippen LogP contribution in [0.2, 0.25) is 0 Å². The van der Waals surface area contributed by atoms with Gasteiger partial charge in [0.25, 0.3) is 5.69 Å². The number of nitro benzene ring substituents is 1. The average Bonchev–Trinajstić information content (AvgIpc) is 2.53. The van der Waals surface area contributed by atoms with Crippen LogP contribution in [0.4, 0.5) is 15.8 Å². The maximum atomic E-state index is 13.6. The van der Waals surface area contributed by atoms with Crippen molar-refractivity contribution in [2.75, 3.05) is 52.2 Å². The lowest BCUT2D eigenvalue weighted by molar-refractivity contribution is -0.384. The van der Waals surface area contributed by atoms with Crippen LogP contribution in [-0.2, 0) is 0 Å². The highest BCUT2D eigenvalue weighted by Crippen LogP contribution is 2.31. The third kappa shape index (κ3) is 4.29. The van der Waals surface area contributed by atoms with Crippen LogP contribution in [0.25, 0.3) is 0 Å². The number of piperazine rings is 1. The van der Waals surface area contributed by atoms with Gasteiger partial charge in [-0.1, -0.05) is 0 Å². The highest BCUT2D eigenvalue weighted by atomic mass is 19.1. The quantitative estimate of drug-likeness (QED) is 0.635. The molecule has 0 aromatic heterocycles. The fourth-order valence-corrected chi connectivity index (χ4v) is 2.64. The van der Waals surface area contributed by atoms with Crippen molar-refractivity contribution < 1.29 is 14.1 Å². The van der Waals surface area contributed by atoms with Crippen LogP contribution in [0.3, 0.4) is 0 Å². The molecule has 0 radical (unpaired) electrons. The van der Waals surface area contributed by atoms with Crippen LogP contribution in [-0.4, -0.2) is 67.6 Å². The molecule has 23 heavy (non-hydrogen) atoms. The van der Waals surface area contributed by atoms with Gasteiger partial charge in [-0.2, -0.15) is 0 Å². The zero-order valence-electron chi connectivity index (χ0n) is 13.7. The molecule has 0 spiro atoms. The van der Waals surface area contributed by atoms with E-state index in [9.17, 15) is 14.5 Å². The van der Waals surface area contributed by atoms with Gasteiger partial charge in [0, 0.05) is 44.8 Å². The Morgan fingerprint density at radius 3 is 2.61 bits per heavy atom. The molecule has 1 saturated heterocycles. The zero-order chi connectivity index (χ0) is 17.0. The van der Waals surface area contributed by atoms with Gasteiger partial charge in [-0.15, -0.1) is 0 Å². The van der Waals surface area contributed by atoms with E-state index in [4.69, 9.17) is 4.74 Å². The zero-order valence-corrected chi connectivity index (χ0v) is 13.7. The Kier molecular flexibility index (Phi) is 5.73. The molecule has 1 aliphatic rings. The Hall–Kier alpha value is -1.93. The summed E-state index contributed by atoms with van der Waals surface area (Å²) in [6, 6.07) is 2.45. The third-order valence-electron chi connectivity index (χ3n) is 4.22. The molecule has 0 bridgehead atoms. The molecule has 1 N–H and O–H groups in total. The van der Waals surface area contributed by atoms with Crippen LogP contribution in [0.15, 0.2) is 12.1 Å². The number of ether oxygens (including phenoxy) is 1. The summed E-state index contributed by atoms with van der Waals surface area (Å²) in [5.41, 5.74) is -0.0110. The Morgan fingerprint density at radius 2 is 2.04 bits per heavy atom. The Bertz CT molecular complexity index is 562. The second-order valence-electron chi connectivity index (χ2n) is 5.83. The first kappa shape index (κ1) is 17.4. The van der Waals surface area contributed by atoms with E-state index in [1.807, 2.05) is 0 Å². The second kappa shape index (κ2) is 7.56. The standard InChI is InChI=1S/C15H23FN4O3/c1-11(19-6-4-18(2)5-7-19)10-17-13-9-15(23-3)12(16)8-14(13)20(21)22/h8-9,11,17H,4-7,10H2,1-3H3. The van der Waals surface area contributed by atoms with Crippen LogP contribution >= 0.6 is 0 Å². The number of benzene rings is 1. The van der Waals surface area contributed by atoms with Gasteiger partial charge in [-0.25, -0.2) is 4.39 Å². The van der Waals surface area contributed by atoms with Crippen molar-refractivity contribution in [1.29, 1.82) is 0 Å². The summed E-state index contributed by atoms with van der Waals surface area (Å²) in [5, 5.41) is 14.2. The van der Waals surface area contributed by atoms with E-state index in [1.54, 1.807) is 0 Å². The topological polar surface area (TPSA) is 70.9 Å². The van der Waals surface area contributed by atoms with Gasteiger partial charge < -0.3 is 15.0 Å². The summed E-state index contributed by atoms with van der Waals surface area (Å²) in [7, 11) is 3.43. The highest BCUT2D eigenvalue weighted by molar-refractivity contribution is 5.64. The van der Waals surface area contributed by atoms with Crippen molar-refractivity contribution in [2.24, 2.45) is 0 Å². The number of likely N-dealkylation sites (N-methyl/N-ethyl adjacent to an activating group) is 1. The largest absolute Gasteiger partial charge is 0.494 e. The molecule has 1 atom stereocenters. The number of hydrogen-bond donors (Lipinski definition) is 1. The minimum atomic E-state index is -0.739. The fourth-order valence-electron chi connectivity index (χ4n) is 2.64. The number of nitro groups is 1. The molecule has 0 saturated carbocycles. The molecule has 1 aromatic carbocycles.